The second kappa shape index (κ2) is 5.01. The second-order valence-corrected chi connectivity index (χ2v) is 5.21. The first-order valence-electron chi connectivity index (χ1n) is 6.78. The number of aryl methyl sites for hydroxylation is 2. The van der Waals surface area contributed by atoms with E-state index >= 15 is 0 Å². The Morgan fingerprint density at radius 3 is 2.68 bits per heavy atom. The number of fused-ring (bicyclic) bond motifs is 1. The van der Waals surface area contributed by atoms with Crippen LogP contribution in [-0.2, 0) is 7.05 Å². The molecule has 3 aromatic rings. The minimum atomic E-state index is -0.570. The lowest BCUT2D eigenvalue weighted by molar-refractivity contribution is 0.0995. The Bertz CT molecular complexity index is 930. The van der Waals surface area contributed by atoms with E-state index in [4.69, 9.17) is 5.73 Å². The van der Waals surface area contributed by atoms with E-state index in [-0.39, 0.29) is 5.69 Å². The molecule has 0 radical (unpaired) electrons. The molecular weight excluding hydrogens is 276 g/mol. The standard InChI is InChI=1S/C17H14N4O/c1-10-3-5-12-13(8-18)16(21(2)15(12)7-10)11-4-6-14(17(19)22)20-9-11/h3-7,9H,1-2H3,(H2,19,22). The molecule has 0 unspecified atom stereocenters. The van der Waals surface area contributed by atoms with E-state index in [2.05, 4.69) is 11.1 Å². The van der Waals surface area contributed by atoms with E-state index in [1.807, 2.05) is 36.7 Å². The van der Waals surface area contributed by atoms with Crippen molar-refractivity contribution < 1.29 is 4.79 Å². The zero-order valence-electron chi connectivity index (χ0n) is 12.3. The van der Waals surface area contributed by atoms with Gasteiger partial charge in [0.1, 0.15) is 11.8 Å². The number of carbonyl (C=O) groups excluding carboxylic acids is 1. The Morgan fingerprint density at radius 2 is 2.09 bits per heavy atom. The van der Waals surface area contributed by atoms with Gasteiger partial charge in [-0.25, -0.2) is 0 Å². The summed E-state index contributed by atoms with van der Waals surface area (Å²) in [5.74, 6) is -0.570. The summed E-state index contributed by atoms with van der Waals surface area (Å²) >= 11 is 0. The normalized spacial score (nSPS) is 10.6. The van der Waals surface area contributed by atoms with E-state index in [1.165, 1.54) is 0 Å². The van der Waals surface area contributed by atoms with Crippen molar-refractivity contribution in [2.75, 3.05) is 0 Å². The maximum atomic E-state index is 11.1. The van der Waals surface area contributed by atoms with Crippen LogP contribution in [0.1, 0.15) is 21.6 Å². The average Bonchev–Trinajstić information content (AvgIpc) is 2.79. The largest absolute Gasteiger partial charge is 0.364 e. The van der Waals surface area contributed by atoms with Crippen molar-refractivity contribution in [1.29, 1.82) is 5.26 Å². The van der Waals surface area contributed by atoms with E-state index < -0.39 is 5.91 Å². The highest BCUT2D eigenvalue weighted by molar-refractivity contribution is 5.95. The van der Waals surface area contributed by atoms with Crippen LogP contribution in [0, 0.1) is 18.3 Å². The Balaban J connectivity index is 2.28. The molecule has 5 nitrogen and oxygen atoms in total. The van der Waals surface area contributed by atoms with Crippen LogP contribution in [0.3, 0.4) is 0 Å². The van der Waals surface area contributed by atoms with E-state index in [1.54, 1.807) is 18.3 Å². The van der Waals surface area contributed by atoms with Crippen LogP contribution in [-0.4, -0.2) is 15.5 Å². The Labute approximate surface area is 127 Å². The number of amides is 1. The maximum Gasteiger partial charge on any atom is 0.267 e. The number of hydrogen-bond donors (Lipinski definition) is 1. The molecule has 0 aliphatic carbocycles. The average molecular weight is 290 g/mol. The highest BCUT2D eigenvalue weighted by atomic mass is 16.1. The molecule has 0 fully saturated rings. The number of aromatic nitrogens is 2. The summed E-state index contributed by atoms with van der Waals surface area (Å²) in [4.78, 5) is 15.2. The van der Waals surface area contributed by atoms with Crippen molar-refractivity contribution in [1.82, 2.24) is 9.55 Å². The summed E-state index contributed by atoms with van der Waals surface area (Å²) in [6.45, 7) is 2.02. The van der Waals surface area contributed by atoms with Gasteiger partial charge in [-0.1, -0.05) is 12.1 Å². The molecule has 3 rings (SSSR count). The lowest BCUT2D eigenvalue weighted by Gasteiger charge is -2.05. The molecule has 2 N–H and O–H groups in total. The highest BCUT2D eigenvalue weighted by Crippen LogP contribution is 2.32. The van der Waals surface area contributed by atoms with Crippen molar-refractivity contribution >= 4 is 16.8 Å². The fourth-order valence-electron chi connectivity index (χ4n) is 2.68. The summed E-state index contributed by atoms with van der Waals surface area (Å²) in [5, 5.41) is 10.5. The summed E-state index contributed by atoms with van der Waals surface area (Å²) in [6.07, 6.45) is 1.57. The van der Waals surface area contributed by atoms with Gasteiger partial charge in [0.15, 0.2) is 0 Å². The molecule has 0 saturated heterocycles. The molecule has 0 saturated carbocycles. The van der Waals surface area contributed by atoms with Crippen LogP contribution < -0.4 is 5.73 Å². The predicted molar refractivity (Wildman–Crippen MR) is 84.1 cm³/mol. The summed E-state index contributed by atoms with van der Waals surface area (Å²) in [5.41, 5.74) is 9.70. The fraction of sp³-hybridized carbons (Fsp3) is 0.118. The molecular formula is C17H14N4O. The van der Waals surface area contributed by atoms with Gasteiger partial charge in [-0.05, 0) is 30.7 Å². The van der Waals surface area contributed by atoms with Crippen LogP contribution >= 0.6 is 0 Å². The highest BCUT2D eigenvalue weighted by Gasteiger charge is 2.17. The molecule has 2 aromatic heterocycles. The van der Waals surface area contributed by atoms with Crippen molar-refractivity contribution in [2.24, 2.45) is 12.8 Å². The van der Waals surface area contributed by atoms with Crippen molar-refractivity contribution in [3.05, 3.63) is 53.3 Å². The second-order valence-electron chi connectivity index (χ2n) is 5.21. The van der Waals surface area contributed by atoms with Crippen molar-refractivity contribution in [3.8, 4) is 17.3 Å². The zero-order valence-corrected chi connectivity index (χ0v) is 12.3. The number of carbonyl (C=O) groups is 1. The summed E-state index contributed by atoms with van der Waals surface area (Å²) in [7, 11) is 1.92. The molecule has 0 spiro atoms. The Hall–Kier alpha value is -3.13. The minimum Gasteiger partial charge on any atom is -0.364 e. The molecule has 1 aromatic carbocycles. The summed E-state index contributed by atoms with van der Waals surface area (Å²) in [6, 6.07) is 11.6. The van der Waals surface area contributed by atoms with Gasteiger partial charge in [0.25, 0.3) is 5.91 Å². The molecule has 108 valence electrons. The number of nitriles is 1. The third-order valence-corrected chi connectivity index (χ3v) is 3.76. The van der Waals surface area contributed by atoms with Crippen LogP contribution in [0.4, 0.5) is 0 Å². The maximum absolute atomic E-state index is 11.1. The van der Waals surface area contributed by atoms with Gasteiger partial charge in [0, 0.05) is 29.7 Å². The number of nitrogens with zero attached hydrogens (tertiary/aromatic N) is 3. The zero-order chi connectivity index (χ0) is 15.9. The number of pyridine rings is 1. The lowest BCUT2D eigenvalue weighted by Crippen LogP contribution is -2.12. The van der Waals surface area contributed by atoms with Crippen molar-refractivity contribution in [2.45, 2.75) is 6.92 Å². The third kappa shape index (κ3) is 2.02. The van der Waals surface area contributed by atoms with Gasteiger partial charge >= 0.3 is 0 Å². The molecule has 0 aliphatic heterocycles. The number of primary amides is 1. The molecule has 1 amide bonds. The van der Waals surface area contributed by atoms with Gasteiger partial charge in [0.2, 0.25) is 0 Å². The molecule has 0 aliphatic rings. The smallest absolute Gasteiger partial charge is 0.267 e. The number of rotatable bonds is 2. The van der Waals surface area contributed by atoms with Crippen LogP contribution in [0.15, 0.2) is 36.5 Å². The van der Waals surface area contributed by atoms with E-state index in [0.717, 1.165) is 27.7 Å². The molecule has 2 heterocycles. The SMILES string of the molecule is Cc1ccc2c(C#N)c(-c3ccc(C(N)=O)nc3)n(C)c2c1. The first-order valence-corrected chi connectivity index (χ1v) is 6.78. The molecule has 0 bridgehead atoms. The topological polar surface area (TPSA) is 84.7 Å². The van der Waals surface area contributed by atoms with Gasteiger partial charge in [-0.2, -0.15) is 5.26 Å². The molecule has 5 heteroatoms. The quantitative estimate of drug-likeness (QED) is 0.787. The van der Waals surface area contributed by atoms with Crippen LogP contribution in [0.25, 0.3) is 22.2 Å². The van der Waals surface area contributed by atoms with E-state index in [0.29, 0.717) is 5.56 Å². The first kappa shape index (κ1) is 13.8. The Kier molecular flexibility index (Phi) is 3.15. The fourth-order valence-corrected chi connectivity index (χ4v) is 2.68. The van der Waals surface area contributed by atoms with Gasteiger partial charge in [0.05, 0.1) is 11.3 Å². The predicted octanol–water partition coefficient (Wildman–Crippen LogP) is 2.52. The Morgan fingerprint density at radius 1 is 1.32 bits per heavy atom. The van der Waals surface area contributed by atoms with E-state index in [9.17, 15) is 10.1 Å². The van der Waals surface area contributed by atoms with Crippen LogP contribution in [0.5, 0.6) is 0 Å². The van der Waals surface area contributed by atoms with Crippen LogP contribution in [0.2, 0.25) is 0 Å². The molecule has 22 heavy (non-hydrogen) atoms. The third-order valence-electron chi connectivity index (χ3n) is 3.76. The van der Waals surface area contributed by atoms with Gasteiger partial charge in [-0.15, -0.1) is 0 Å². The minimum absolute atomic E-state index is 0.205. The summed E-state index contributed by atoms with van der Waals surface area (Å²) < 4.78 is 1.97. The lowest BCUT2D eigenvalue weighted by atomic mass is 10.1. The monoisotopic (exact) mass is 290 g/mol. The number of benzene rings is 1. The molecule has 0 atom stereocenters. The van der Waals surface area contributed by atoms with Gasteiger partial charge in [-0.3, -0.25) is 9.78 Å². The first-order chi connectivity index (χ1) is 10.5. The van der Waals surface area contributed by atoms with Gasteiger partial charge < -0.3 is 10.3 Å². The van der Waals surface area contributed by atoms with Crippen molar-refractivity contribution in [3.63, 3.8) is 0 Å². The number of nitrogens with two attached hydrogens (primary N) is 1. The number of hydrogen-bond acceptors (Lipinski definition) is 3.